The molecule has 14 heavy (non-hydrogen) atoms. The van der Waals surface area contributed by atoms with E-state index in [1.807, 2.05) is 0 Å². The third kappa shape index (κ3) is 1.10. The van der Waals surface area contributed by atoms with Crippen molar-refractivity contribution in [3.63, 3.8) is 0 Å². The van der Waals surface area contributed by atoms with Crippen LogP contribution in [0.25, 0.3) is 5.65 Å². The topological polar surface area (TPSA) is 63.8 Å². The Kier molecular flexibility index (Phi) is 1.85. The average Bonchev–Trinajstić information content (AvgIpc) is 2.62. The van der Waals surface area contributed by atoms with Crippen LogP contribution in [0.3, 0.4) is 0 Å². The molecule has 0 aliphatic heterocycles. The molecule has 2 heterocycles. The Hall–Kier alpha value is -2.04. The van der Waals surface area contributed by atoms with Crippen LogP contribution in [0, 0.1) is 0 Å². The Morgan fingerprint density at radius 2 is 2.36 bits per heavy atom. The Bertz CT molecular complexity index is 490. The van der Waals surface area contributed by atoms with Crippen LogP contribution in [0.1, 0.15) is 10.4 Å². The minimum Gasteiger partial charge on any atom is -0.496 e. The van der Waals surface area contributed by atoms with Crippen molar-refractivity contribution >= 4 is 11.6 Å². The second kappa shape index (κ2) is 3.02. The number of rotatable bonds is 2. The highest BCUT2D eigenvalue weighted by Crippen LogP contribution is 2.21. The number of fused-ring (bicyclic) bond motifs is 1. The fourth-order valence-corrected chi connectivity index (χ4v) is 1.34. The van der Waals surface area contributed by atoms with Crippen LogP contribution in [-0.2, 0) is 0 Å². The molecule has 0 saturated heterocycles. The van der Waals surface area contributed by atoms with E-state index >= 15 is 0 Å². The normalized spacial score (nSPS) is 10.4. The number of hydrogen-bond donors (Lipinski definition) is 1. The number of carboxylic acid groups (broad SMARTS) is 1. The summed E-state index contributed by atoms with van der Waals surface area (Å²) in [6.07, 6.45) is 4.93. The maximum absolute atomic E-state index is 11.0. The van der Waals surface area contributed by atoms with Crippen molar-refractivity contribution in [2.24, 2.45) is 0 Å². The molecule has 0 saturated carbocycles. The zero-order chi connectivity index (χ0) is 10.1. The zero-order valence-corrected chi connectivity index (χ0v) is 7.47. The lowest BCUT2D eigenvalue weighted by atomic mass is 10.2. The van der Waals surface area contributed by atoms with Crippen LogP contribution < -0.4 is 4.74 Å². The SMILES string of the molecule is COc1ccn2ccnc2c1C(=O)O. The number of carboxylic acids is 1. The Balaban J connectivity index is 2.82. The molecular formula is C9H8N2O3. The van der Waals surface area contributed by atoms with Gasteiger partial charge in [0.15, 0.2) is 5.65 Å². The highest BCUT2D eigenvalue weighted by molar-refractivity contribution is 5.97. The summed E-state index contributed by atoms with van der Waals surface area (Å²) in [5.74, 6) is -0.727. The van der Waals surface area contributed by atoms with Gasteiger partial charge in [0, 0.05) is 18.6 Å². The average molecular weight is 192 g/mol. The molecule has 5 nitrogen and oxygen atoms in total. The highest BCUT2D eigenvalue weighted by Gasteiger charge is 2.16. The molecule has 72 valence electrons. The van der Waals surface area contributed by atoms with Gasteiger partial charge in [0.2, 0.25) is 0 Å². The first kappa shape index (κ1) is 8.55. The standard InChI is InChI=1S/C9H8N2O3/c1-14-6-2-4-11-5-3-10-8(11)7(6)9(12)13/h2-5H,1H3,(H,12,13). The van der Waals surface area contributed by atoms with E-state index in [9.17, 15) is 4.79 Å². The summed E-state index contributed by atoms with van der Waals surface area (Å²) in [5, 5.41) is 8.98. The van der Waals surface area contributed by atoms with Crippen molar-refractivity contribution < 1.29 is 14.6 Å². The fourth-order valence-electron chi connectivity index (χ4n) is 1.34. The lowest BCUT2D eigenvalue weighted by molar-refractivity contribution is 0.0695. The van der Waals surface area contributed by atoms with Gasteiger partial charge >= 0.3 is 5.97 Å². The summed E-state index contributed by atoms with van der Waals surface area (Å²) in [7, 11) is 1.43. The van der Waals surface area contributed by atoms with E-state index in [4.69, 9.17) is 9.84 Å². The van der Waals surface area contributed by atoms with Gasteiger partial charge in [0.1, 0.15) is 11.3 Å². The van der Waals surface area contributed by atoms with E-state index in [0.717, 1.165) is 0 Å². The molecule has 1 N–H and O–H groups in total. The number of carbonyl (C=O) groups is 1. The van der Waals surface area contributed by atoms with E-state index in [1.54, 1.807) is 29.1 Å². The van der Waals surface area contributed by atoms with E-state index in [0.29, 0.717) is 11.4 Å². The molecule has 0 unspecified atom stereocenters. The molecule has 0 bridgehead atoms. The monoisotopic (exact) mass is 192 g/mol. The molecule has 0 radical (unpaired) electrons. The molecule has 0 aliphatic rings. The maximum Gasteiger partial charge on any atom is 0.343 e. The van der Waals surface area contributed by atoms with Crippen molar-refractivity contribution in [3.8, 4) is 5.75 Å². The molecular weight excluding hydrogens is 184 g/mol. The molecule has 2 rings (SSSR count). The van der Waals surface area contributed by atoms with Crippen LogP contribution in [0.4, 0.5) is 0 Å². The molecule has 0 amide bonds. The quantitative estimate of drug-likeness (QED) is 0.772. The largest absolute Gasteiger partial charge is 0.496 e. The van der Waals surface area contributed by atoms with Crippen molar-refractivity contribution in [3.05, 3.63) is 30.2 Å². The van der Waals surface area contributed by atoms with Gasteiger partial charge in [0.25, 0.3) is 0 Å². The fraction of sp³-hybridized carbons (Fsp3) is 0.111. The number of aromatic carboxylic acids is 1. The zero-order valence-electron chi connectivity index (χ0n) is 7.47. The number of nitrogens with zero attached hydrogens (tertiary/aromatic N) is 2. The van der Waals surface area contributed by atoms with Crippen LogP contribution in [-0.4, -0.2) is 27.6 Å². The first-order valence-corrected chi connectivity index (χ1v) is 3.97. The number of imidazole rings is 1. The summed E-state index contributed by atoms with van der Waals surface area (Å²) >= 11 is 0. The van der Waals surface area contributed by atoms with Gasteiger partial charge in [-0.05, 0) is 6.07 Å². The first-order valence-electron chi connectivity index (χ1n) is 3.97. The summed E-state index contributed by atoms with van der Waals surface area (Å²) in [6.45, 7) is 0. The molecule has 5 heteroatoms. The van der Waals surface area contributed by atoms with E-state index in [-0.39, 0.29) is 5.56 Å². The van der Waals surface area contributed by atoms with Crippen LogP contribution in [0.5, 0.6) is 5.75 Å². The Morgan fingerprint density at radius 3 is 3.00 bits per heavy atom. The van der Waals surface area contributed by atoms with Crippen LogP contribution >= 0.6 is 0 Å². The van der Waals surface area contributed by atoms with Gasteiger partial charge in [-0.25, -0.2) is 9.78 Å². The van der Waals surface area contributed by atoms with Gasteiger partial charge in [-0.15, -0.1) is 0 Å². The third-order valence-electron chi connectivity index (χ3n) is 1.96. The van der Waals surface area contributed by atoms with Crippen LogP contribution in [0.2, 0.25) is 0 Å². The van der Waals surface area contributed by atoms with Gasteiger partial charge in [-0.2, -0.15) is 0 Å². The summed E-state index contributed by atoms with van der Waals surface area (Å²) in [5.41, 5.74) is 0.469. The molecule has 0 atom stereocenters. The molecule has 0 aromatic carbocycles. The Labute approximate surface area is 79.6 Å². The minimum absolute atomic E-state index is 0.0833. The molecule has 0 fully saturated rings. The molecule has 2 aromatic rings. The van der Waals surface area contributed by atoms with Gasteiger partial charge in [-0.1, -0.05) is 0 Å². The van der Waals surface area contributed by atoms with E-state index < -0.39 is 5.97 Å². The van der Waals surface area contributed by atoms with Gasteiger partial charge in [0.05, 0.1) is 7.11 Å². The number of pyridine rings is 1. The third-order valence-corrected chi connectivity index (χ3v) is 1.96. The summed E-state index contributed by atoms with van der Waals surface area (Å²) in [6, 6.07) is 1.60. The van der Waals surface area contributed by atoms with Crippen LogP contribution in [0.15, 0.2) is 24.7 Å². The van der Waals surface area contributed by atoms with Gasteiger partial charge < -0.3 is 14.2 Å². The van der Waals surface area contributed by atoms with Gasteiger partial charge in [-0.3, -0.25) is 0 Å². The second-order valence-electron chi connectivity index (χ2n) is 2.72. The predicted octanol–water partition coefficient (Wildman–Crippen LogP) is 1.04. The van der Waals surface area contributed by atoms with Crippen molar-refractivity contribution in [2.75, 3.05) is 7.11 Å². The molecule has 0 aliphatic carbocycles. The Morgan fingerprint density at radius 1 is 1.57 bits per heavy atom. The molecule has 0 spiro atoms. The first-order chi connectivity index (χ1) is 6.74. The smallest absolute Gasteiger partial charge is 0.343 e. The van der Waals surface area contributed by atoms with E-state index in [1.165, 1.54) is 7.11 Å². The second-order valence-corrected chi connectivity index (χ2v) is 2.72. The number of hydrogen-bond acceptors (Lipinski definition) is 3. The number of aromatic nitrogens is 2. The minimum atomic E-state index is -1.04. The van der Waals surface area contributed by atoms with E-state index in [2.05, 4.69) is 4.98 Å². The number of ether oxygens (including phenoxy) is 1. The lowest BCUT2D eigenvalue weighted by Gasteiger charge is -2.05. The number of methoxy groups -OCH3 is 1. The lowest BCUT2D eigenvalue weighted by Crippen LogP contribution is -2.03. The molecule has 2 aromatic heterocycles. The maximum atomic E-state index is 11.0. The van der Waals surface area contributed by atoms with Crippen molar-refractivity contribution in [1.82, 2.24) is 9.38 Å². The van der Waals surface area contributed by atoms with Crippen molar-refractivity contribution in [2.45, 2.75) is 0 Å². The predicted molar refractivity (Wildman–Crippen MR) is 48.7 cm³/mol. The summed E-state index contributed by atoms with van der Waals surface area (Å²) < 4.78 is 6.58. The van der Waals surface area contributed by atoms with Crippen molar-refractivity contribution in [1.29, 1.82) is 0 Å². The summed E-state index contributed by atoms with van der Waals surface area (Å²) in [4.78, 5) is 14.9. The highest BCUT2D eigenvalue weighted by atomic mass is 16.5.